The molecule has 1 aromatic heterocycles. The molecule has 2 aromatic rings. The first-order valence-corrected chi connectivity index (χ1v) is 5.69. The summed E-state index contributed by atoms with van der Waals surface area (Å²) in [6.07, 6.45) is 3.22. The maximum absolute atomic E-state index is 13.0. The maximum Gasteiger partial charge on any atom is 0.137 e. The molecule has 0 aliphatic rings. The summed E-state index contributed by atoms with van der Waals surface area (Å²) >= 11 is 5.98. The molecule has 2 N–H and O–H groups in total. The van der Waals surface area contributed by atoms with Crippen molar-refractivity contribution in [3.8, 4) is 5.75 Å². The number of benzene rings is 1. The van der Waals surface area contributed by atoms with Crippen LogP contribution in [-0.2, 0) is 0 Å². The van der Waals surface area contributed by atoms with Crippen LogP contribution in [0, 0.1) is 5.82 Å². The van der Waals surface area contributed by atoms with E-state index in [1.54, 1.807) is 31.6 Å². The topological polar surface area (TPSA) is 48.1 Å². The molecule has 0 fully saturated rings. The van der Waals surface area contributed by atoms with Crippen molar-refractivity contribution in [2.45, 2.75) is 6.04 Å². The van der Waals surface area contributed by atoms with E-state index in [4.69, 9.17) is 22.1 Å². The molecular weight excluding hydrogens is 255 g/mol. The molecule has 1 aromatic carbocycles. The molecule has 0 bridgehead atoms. The molecule has 1 heterocycles. The van der Waals surface area contributed by atoms with Crippen LogP contribution in [0.4, 0.5) is 4.39 Å². The van der Waals surface area contributed by atoms with Crippen molar-refractivity contribution in [3.63, 3.8) is 0 Å². The molecule has 0 saturated heterocycles. The minimum Gasteiger partial charge on any atom is -0.495 e. The molecule has 3 nitrogen and oxygen atoms in total. The van der Waals surface area contributed by atoms with E-state index in [9.17, 15) is 4.39 Å². The van der Waals surface area contributed by atoms with E-state index >= 15 is 0 Å². The van der Waals surface area contributed by atoms with Crippen LogP contribution in [0.3, 0.4) is 0 Å². The zero-order chi connectivity index (χ0) is 13.1. The molecule has 0 amide bonds. The van der Waals surface area contributed by atoms with Crippen molar-refractivity contribution >= 4 is 11.6 Å². The van der Waals surface area contributed by atoms with Crippen molar-refractivity contribution in [2.75, 3.05) is 7.11 Å². The zero-order valence-electron chi connectivity index (χ0n) is 9.73. The Balaban J connectivity index is 2.37. The van der Waals surface area contributed by atoms with Crippen molar-refractivity contribution in [1.82, 2.24) is 4.98 Å². The Morgan fingerprint density at radius 2 is 2.11 bits per heavy atom. The molecule has 2 rings (SSSR count). The van der Waals surface area contributed by atoms with Gasteiger partial charge >= 0.3 is 0 Å². The van der Waals surface area contributed by atoms with Gasteiger partial charge in [-0.05, 0) is 29.3 Å². The average Bonchev–Trinajstić information content (AvgIpc) is 2.38. The van der Waals surface area contributed by atoms with E-state index in [1.165, 1.54) is 12.1 Å². The Bertz CT molecular complexity index is 562. The standard InChI is InChI=1S/C13H12ClFN2O/c1-18-10-4-8(6-17-7-10)13(16)11-3-2-9(15)5-12(11)14/h2-7,13H,16H2,1H3. The van der Waals surface area contributed by atoms with Gasteiger partial charge in [-0.15, -0.1) is 0 Å². The van der Waals surface area contributed by atoms with Gasteiger partial charge in [0.15, 0.2) is 0 Å². The Kier molecular flexibility index (Phi) is 3.79. The van der Waals surface area contributed by atoms with Gasteiger partial charge in [0.2, 0.25) is 0 Å². The van der Waals surface area contributed by atoms with E-state index in [0.717, 1.165) is 5.56 Å². The van der Waals surface area contributed by atoms with E-state index < -0.39 is 6.04 Å². The van der Waals surface area contributed by atoms with Gasteiger partial charge in [-0.2, -0.15) is 0 Å². The summed E-state index contributed by atoms with van der Waals surface area (Å²) in [6, 6.07) is 5.44. The molecule has 94 valence electrons. The molecule has 0 spiro atoms. The van der Waals surface area contributed by atoms with E-state index in [0.29, 0.717) is 16.3 Å². The van der Waals surface area contributed by atoms with E-state index in [-0.39, 0.29) is 5.82 Å². The number of aromatic nitrogens is 1. The number of hydrogen-bond acceptors (Lipinski definition) is 3. The first-order chi connectivity index (χ1) is 8.61. The number of pyridine rings is 1. The third kappa shape index (κ3) is 2.60. The van der Waals surface area contributed by atoms with Gasteiger partial charge in [0, 0.05) is 11.2 Å². The Morgan fingerprint density at radius 3 is 2.78 bits per heavy atom. The van der Waals surface area contributed by atoms with Crippen LogP contribution >= 0.6 is 11.6 Å². The summed E-state index contributed by atoms with van der Waals surface area (Å²) in [5, 5.41) is 0.297. The molecule has 0 aliphatic carbocycles. The molecule has 0 saturated carbocycles. The quantitative estimate of drug-likeness (QED) is 0.929. The summed E-state index contributed by atoms with van der Waals surface area (Å²) < 4.78 is 18.1. The predicted octanol–water partition coefficient (Wildman–Crippen LogP) is 2.93. The number of halogens is 2. The molecule has 5 heteroatoms. The van der Waals surface area contributed by atoms with Crippen molar-refractivity contribution in [2.24, 2.45) is 5.73 Å². The average molecular weight is 267 g/mol. The second kappa shape index (κ2) is 5.33. The lowest BCUT2D eigenvalue weighted by molar-refractivity contribution is 0.412. The minimum atomic E-state index is -0.472. The molecule has 1 unspecified atom stereocenters. The first-order valence-electron chi connectivity index (χ1n) is 5.31. The fourth-order valence-corrected chi connectivity index (χ4v) is 1.94. The number of nitrogens with zero attached hydrogens (tertiary/aromatic N) is 1. The normalized spacial score (nSPS) is 12.2. The predicted molar refractivity (Wildman–Crippen MR) is 68.2 cm³/mol. The Hall–Kier alpha value is -1.65. The second-order valence-electron chi connectivity index (χ2n) is 3.80. The monoisotopic (exact) mass is 266 g/mol. The van der Waals surface area contributed by atoms with Crippen LogP contribution in [0.25, 0.3) is 0 Å². The summed E-state index contributed by atoms with van der Waals surface area (Å²) in [5.74, 6) is 0.223. The highest BCUT2D eigenvalue weighted by molar-refractivity contribution is 6.31. The Morgan fingerprint density at radius 1 is 1.33 bits per heavy atom. The van der Waals surface area contributed by atoms with Gasteiger partial charge in [-0.1, -0.05) is 17.7 Å². The van der Waals surface area contributed by atoms with Crippen molar-refractivity contribution in [1.29, 1.82) is 0 Å². The molecular formula is C13H12ClFN2O. The lowest BCUT2D eigenvalue weighted by Gasteiger charge is -2.14. The summed E-state index contributed by atoms with van der Waals surface area (Å²) in [5.41, 5.74) is 7.49. The van der Waals surface area contributed by atoms with Gasteiger partial charge < -0.3 is 10.5 Å². The van der Waals surface area contributed by atoms with Crippen molar-refractivity contribution in [3.05, 3.63) is 58.6 Å². The summed E-state index contributed by atoms with van der Waals surface area (Å²) in [7, 11) is 1.55. The fraction of sp³-hybridized carbons (Fsp3) is 0.154. The third-order valence-corrected chi connectivity index (χ3v) is 2.95. The van der Waals surface area contributed by atoms with Gasteiger partial charge in [0.05, 0.1) is 19.3 Å². The summed E-state index contributed by atoms with van der Waals surface area (Å²) in [6.45, 7) is 0. The van der Waals surface area contributed by atoms with Crippen LogP contribution in [0.5, 0.6) is 5.75 Å². The largest absolute Gasteiger partial charge is 0.495 e. The minimum absolute atomic E-state index is 0.297. The van der Waals surface area contributed by atoms with Crippen LogP contribution in [-0.4, -0.2) is 12.1 Å². The Labute approximate surface area is 109 Å². The molecule has 18 heavy (non-hydrogen) atoms. The smallest absolute Gasteiger partial charge is 0.137 e. The number of ether oxygens (including phenoxy) is 1. The highest BCUT2D eigenvalue weighted by Gasteiger charge is 2.14. The van der Waals surface area contributed by atoms with Gasteiger partial charge in [0.25, 0.3) is 0 Å². The van der Waals surface area contributed by atoms with Crippen molar-refractivity contribution < 1.29 is 9.13 Å². The highest BCUT2D eigenvalue weighted by Crippen LogP contribution is 2.28. The zero-order valence-corrected chi connectivity index (χ0v) is 10.5. The lowest BCUT2D eigenvalue weighted by Crippen LogP contribution is -2.13. The van der Waals surface area contributed by atoms with Gasteiger partial charge in [-0.25, -0.2) is 4.39 Å². The second-order valence-corrected chi connectivity index (χ2v) is 4.21. The summed E-state index contributed by atoms with van der Waals surface area (Å²) in [4.78, 5) is 4.03. The third-order valence-electron chi connectivity index (χ3n) is 2.63. The van der Waals surface area contributed by atoms with Crippen LogP contribution < -0.4 is 10.5 Å². The van der Waals surface area contributed by atoms with Crippen LogP contribution in [0.1, 0.15) is 17.2 Å². The maximum atomic E-state index is 13.0. The van der Waals surface area contributed by atoms with Crippen LogP contribution in [0.15, 0.2) is 36.7 Å². The number of methoxy groups -OCH3 is 1. The number of rotatable bonds is 3. The highest BCUT2D eigenvalue weighted by atomic mass is 35.5. The van der Waals surface area contributed by atoms with E-state index in [2.05, 4.69) is 4.98 Å². The molecule has 0 radical (unpaired) electrons. The van der Waals surface area contributed by atoms with E-state index in [1.807, 2.05) is 0 Å². The fourth-order valence-electron chi connectivity index (χ4n) is 1.65. The first kappa shape index (κ1) is 12.8. The lowest BCUT2D eigenvalue weighted by atomic mass is 10.0. The number of nitrogens with two attached hydrogens (primary N) is 1. The van der Waals surface area contributed by atoms with Gasteiger partial charge in [-0.3, -0.25) is 4.98 Å². The molecule has 0 aliphatic heterocycles. The SMILES string of the molecule is COc1cncc(C(N)c2ccc(F)cc2Cl)c1. The van der Waals surface area contributed by atoms with Crippen LogP contribution in [0.2, 0.25) is 5.02 Å². The van der Waals surface area contributed by atoms with Gasteiger partial charge in [0.1, 0.15) is 11.6 Å². The number of hydrogen-bond donors (Lipinski definition) is 1. The molecule has 1 atom stereocenters.